The van der Waals surface area contributed by atoms with E-state index in [2.05, 4.69) is 25.4 Å². The van der Waals surface area contributed by atoms with Gasteiger partial charge >= 0.3 is 0 Å². The quantitative estimate of drug-likeness (QED) is 0.742. The highest BCUT2D eigenvalue weighted by molar-refractivity contribution is 8.00. The molecule has 0 fully saturated rings. The van der Waals surface area contributed by atoms with Gasteiger partial charge in [-0.2, -0.15) is 11.8 Å². The highest BCUT2D eigenvalue weighted by atomic mass is 32.2. The van der Waals surface area contributed by atoms with E-state index in [4.69, 9.17) is 10.5 Å². The lowest BCUT2D eigenvalue weighted by Gasteiger charge is -2.30. The van der Waals surface area contributed by atoms with E-state index in [-0.39, 0.29) is 4.75 Å². The Morgan fingerprint density at radius 2 is 2.00 bits per heavy atom. The van der Waals surface area contributed by atoms with Crippen LogP contribution in [0.1, 0.15) is 26.7 Å². The molecule has 0 radical (unpaired) electrons. The van der Waals surface area contributed by atoms with Crippen molar-refractivity contribution in [2.45, 2.75) is 31.4 Å². The molecule has 0 aliphatic carbocycles. The lowest BCUT2D eigenvalue weighted by atomic mass is 10.0. The molecule has 18 heavy (non-hydrogen) atoms. The van der Waals surface area contributed by atoms with Crippen molar-refractivity contribution in [2.75, 3.05) is 31.0 Å². The van der Waals surface area contributed by atoms with Crippen LogP contribution in [0.25, 0.3) is 0 Å². The second-order valence-electron chi connectivity index (χ2n) is 4.40. The van der Waals surface area contributed by atoms with Crippen molar-refractivity contribution in [1.29, 1.82) is 0 Å². The molecule has 3 N–H and O–H groups in total. The minimum atomic E-state index is 0.284. The van der Waals surface area contributed by atoms with E-state index < -0.39 is 0 Å². The number of rotatable bonds is 7. The zero-order chi connectivity index (χ0) is 13.6. The molecule has 4 heteroatoms. The zero-order valence-electron chi connectivity index (χ0n) is 11.7. The van der Waals surface area contributed by atoms with Gasteiger partial charge in [-0.3, -0.25) is 0 Å². The van der Waals surface area contributed by atoms with Crippen LogP contribution in [0.15, 0.2) is 18.2 Å². The Morgan fingerprint density at radius 1 is 1.33 bits per heavy atom. The summed E-state index contributed by atoms with van der Waals surface area (Å²) >= 11 is 1.92. The Morgan fingerprint density at radius 3 is 2.44 bits per heavy atom. The highest BCUT2D eigenvalue weighted by Crippen LogP contribution is 2.32. The second-order valence-corrected chi connectivity index (χ2v) is 5.68. The van der Waals surface area contributed by atoms with Crippen LogP contribution in [0.4, 0.5) is 11.4 Å². The van der Waals surface area contributed by atoms with Crippen molar-refractivity contribution in [1.82, 2.24) is 0 Å². The van der Waals surface area contributed by atoms with Gasteiger partial charge in [0, 0.05) is 17.4 Å². The van der Waals surface area contributed by atoms with Gasteiger partial charge in [0.05, 0.1) is 18.5 Å². The van der Waals surface area contributed by atoms with Crippen LogP contribution in [0, 0.1) is 0 Å². The fraction of sp³-hybridized carbons (Fsp3) is 0.571. The van der Waals surface area contributed by atoms with Crippen molar-refractivity contribution < 1.29 is 4.74 Å². The molecular weight excluding hydrogens is 244 g/mol. The zero-order valence-corrected chi connectivity index (χ0v) is 12.6. The summed E-state index contributed by atoms with van der Waals surface area (Å²) in [6, 6.07) is 5.75. The third kappa shape index (κ3) is 3.48. The third-order valence-electron chi connectivity index (χ3n) is 3.58. The van der Waals surface area contributed by atoms with Crippen LogP contribution in [0.2, 0.25) is 0 Å². The average molecular weight is 268 g/mol. The van der Waals surface area contributed by atoms with Crippen LogP contribution in [0.3, 0.4) is 0 Å². The smallest absolute Gasteiger partial charge is 0.121 e. The topological polar surface area (TPSA) is 47.3 Å². The molecule has 0 spiro atoms. The standard InChI is InChI=1S/C14H24N2OS/c1-5-14(6-2,18-4)10-16-13-8-7-11(17-3)9-12(13)15/h7-9,16H,5-6,10,15H2,1-4H3. The number of nitrogens with one attached hydrogen (secondary N) is 1. The number of nitrogen functional groups attached to an aromatic ring is 1. The average Bonchev–Trinajstić information content (AvgIpc) is 2.42. The second kappa shape index (κ2) is 6.78. The molecule has 1 aromatic rings. The van der Waals surface area contributed by atoms with Crippen molar-refractivity contribution >= 4 is 23.1 Å². The number of nitrogens with two attached hydrogens (primary N) is 1. The Hall–Kier alpha value is -1.03. The molecule has 0 amide bonds. The van der Waals surface area contributed by atoms with Gasteiger partial charge in [0.25, 0.3) is 0 Å². The van der Waals surface area contributed by atoms with Crippen LogP contribution in [0.5, 0.6) is 5.75 Å². The van der Waals surface area contributed by atoms with Gasteiger partial charge in [-0.25, -0.2) is 0 Å². The van der Waals surface area contributed by atoms with Gasteiger partial charge in [-0.05, 0) is 31.2 Å². The maximum absolute atomic E-state index is 6.00. The first kappa shape index (κ1) is 15.0. The molecule has 0 aliphatic rings. The molecule has 1 rings (SSSR count). The SMILES string of the molecule is CCC(CC)(CNc1ccc(OC)cc1N)SC. The van der Waals surface area contributed by atoms with Gasteiger partial charge in [-0.15, -0.1) is 0 Å². The molecule has 0 heterocycles. The lowest BCUT2D eigenvalue weighted by molar-refractivity contribution is 0.415. The molecule has 0 saturated heterocycles. The van der Waals surface area contributed by atoms with E-state index in [9.17, 15) is 0 Å². The first-order valence-corrected chi connectivity index (χ1v) is 7.55. The minimum absolute atomic E-state index is 0.284. The fourth-order valence-electron chi connectivity index (χ4n) is 1.95. The molecule has 0 saturated carbocycles. The first-order valence-electron chi connectivity index (χ1n) is 6.33. The number of hydrogen-bond acceptors (Lipinski definition) is 4. The molecule has 3 nitrogen and oxygen atoms in total. The Bertz CT molecular complexity index is 370. The molecular formula is C14H24N2OS. The summed E-state index contributed by atoms with van der Waals surface area (Å²) in [6.45, 7) is 5.40. The van der Waals surface area contributed by atoms with E-state index in [1.807, 2.05) is 30.0 Å². The summed E-state index contributed by atoms with van der Waals surface area (Å²) < 4.78 is 5.43. The van der Waals surface area contributed by atoms with E-state index in [1.165, 1.54) is 0 Å². The van der Waals surface area contributed by atoms with E-state index in [0.717, 1.165) is 36.5 Å². The van der Waals surface area contributed by atoms with Gasteiger partial charge in [0.15, 0.2) is 0 Å². The van der Waals surface area contributed by atoms with E-state index >= 15 is 0 Å². The largest absolute Gasteiger partial charge is 0.497 e. The summed E-state index contributed by atoms with van der Waals surface area (Å²) in [4.78, 5) is 0. The normalized spacial score (nSPS) is 11.3. The summed E-state index contributed by atoms with van der Waals surface area (Å²) in [5.74, 6) is 0.792. The van der Waals surface area contributed by atoms with Gasteiger partial charge < -0.3 is 15.8 Å². The summed E-state index contributed by atoms with van der Waals surface area (Å²) in [6.07, 6.45) is 4.47. The number of ether oxygens (including phenoxy) is 1. The number of hydrogen-bond donors (Lipinski definition) is 2. The molecule has 0 unspecified atom stereocenters. The molecule has 0 aliphatic heterocycles. The maximum Gasteiger partial charge on any atom is 0.121 e. The van der Waals surface area contributed by atoms with Crippen molar-refractivity contribution in [3.8, 4) is 5.75 Å². The van der Waals surface area contributed by atoms with Gasteiger partial charge in [0.2, 0.25) is 0 Å². The van der Waals surface area contributed by atoms with Gasteiger partial charge in [0.1, 0.15) is 5.75 Å². The Labute approximate surface area is 114 Å². The summed E-state index contributed by atoms with van der Waals surface area (Å²) in [5, 5.41) is 3.46. The predicted octanol–water partition coefficient (Wildman–Crippen LogP) is 3.61. The van der Waals surface area contributed by atoms with Crippen LogP contribution in [-0.2, 0) is 0 Å². The molecule has 0 atom stereocenters. The number of anilines is 2. The highest BCUT2D eigenvalue weighted by Gasteiger charge is 2.24. The van der Waals surface area contributed by atoms with E-state index in [1.54, 1.807) is 7.11 Å². The van der Waals surface area contributed by atoms with Gasteiger partial charge in [-0.1, -0.05) is 13.8 Å². The first-order chi connectivity index (χ1) is 8.60. The van der Waals surface area contributed by atoms with Crippen LogP contribution >= 0.6 is 11.8 Å². The van der Waals surface area contributed by atoms with E-state index in [0.29, 0.717) is 0 Å². The number of thioether (sulfide) groups is 1. The fourth-order valence-corrected chi connectivity index (χ4v) is 2.74. The number of methoxy groups -OCH3 is 1. The number of benzene rings is 1. The molecule has 1 aromatic carbocycles. The van der Waals surface area contributed by atoms with Crippen molar-refractivity contribution in [2.24, 2.45) is 0 Å². The van der Waals surface area contributed by atoms with Crippen LogP contribution < -0.4 is 15.8 Å². The third-order valence-corrected chi connectivity index (χ3v) is 5.17. The molecule has 102 valence electrons. The monoisotopic (exact) mass is 268 g/mol. The maximum atomic E-state index is 6.00. The Kier molecular flexibility index (Phi) is 5.66. The lowest BCUT2D eigenvalue weighted by Crippen LogP contribution is -2.32. The predicted molar refractivity (Wildman–Crippen MR) is 82.7 cm³/mol. The molecule has 0 aromatic heterocycles. The van der Waals surface area contributed by atoms with Crippen LogP contribution in [-0.4, -0.2) is 24.7 Å². The van der Waals surface area contributed by atoms with Crippen molar-refractivity contribution in [3.05, 3.63) is 18.2 Å². The Balaban J connectivity index is 2.73. The minimum Gasteiger partial charge on any atom is -0.497 e. The van der Waals surface area contributed by atoms with Crippen molar-refractivity contribution in [3.63, 3.8) is 0 Å². The summed E-state index contributed by atoms with van der Waals surface area (Å²) in [5.41, 5.74) is 7.72. The summed E-state index contributed by atoms with van der Waals surface area (Å²) in [7, 11) is 1.65. The molecule has 0 bridgehead atoms.